The highest BCUT2D eigenvalue weighted by molar-refractivity contribution is 6.62. The molecule has 1 aliphatic rings. The number of rotatable bonds is 3. The highest BCUT2D eigenvalue weighted by atomic mass is 16.7. The van der Waals surface area contributed by atoms with E-state index in [1.807, 2.05) is 40.8 Å². The molecule has 1 aliphatic heterocycles. The minimum Gasteiger partial charge on any atom is -0.399 e. The lowest BCUT2D eigenvalue weighted by atomic mass is 9.80. The fourth-order valence-corrected chi connectivity index (χ4v) is 2.18. The SMILES string of the molecule is CCC(C)n1cc(B2OC(C)(C)C(C)(C)O2)ccc1=O. The number of pyridine rings is 1. The maximum atomic E-state index is 11.9. The van der Waals surface area contributed by atoms with E-state index in [1.54, 1.807) is 16.7 Å². The van der Waals surface area contributed by atoms with Gasteiger partial charge in [-0.2, -0.15) is 0 Å². The maximum Gasteiger partial charge on any atom is 0.496 e. The van der Waals surface area contributed by atoms with Gasteiger partial charge in [0.2, 0.25) is 0 Å². The van der Waals surface area contributed by atoms with Crippen LogP contribution >= 0.6 is 0 Å². The van der Waals surface area contributed by atoms with Crippen LogP contribution in [0, 0.1) is 0 Å². The van der Waals surface area contributed by atoms with Crippen molar-refractivity contribution in [1.29, 1.82) is 0 Å². The molecular formula is C15H24BNO3. The number of hydrogen-bond acceptors (Lipinski definition) is 3. The van der Waals surface area contributed by atoms with E-state index in [0.29, 0.717) is 0 Å². The first-order valence-corrected chi connectivity index (χ1v) is 7.25. The van der Waals surface area contributed by atoms with Crippen LogP contribution in [0.5, 0.6) is 0 Å². The van der Waals surface area contributed by atoms with Gasteiger partial charge < -0.3 is 13.9 Å². The molecule has 0 N–H and O–H groups in total. The van der Waals surface area contributed by atoms with Gasteiger partial charge in [0.25, 0.3) is 5.56 Å². The van der Waals surface area contributed by atoms with Crippen LogP contribution in [0.2, 0.25) is 0 Å². The first kappa shape index (κ1) is 15.3. The van der Waals surface area contributed by atoms with Gasteiger partial charge in [0, 0.05) is 18.3 Å². The van der Waals surface area contributed by atoms with Crippen molar-refractivity contribution in [3.63, 3.8) is 0 Å². The summed E-state index contributed by atoms with van der Waals surface area (Å²) >= 11 is 0. The van der Waals surface area contributed by atoms with Crippen molar-refractivity contribution < 1.29 is 9.31 Å². The molecule has 2 heterocycles. The Balaban J connectivity index is 2.34. The lowest BCUT2D eigenvalue weighted by Gasteiger charge is -2.32. The van der Waals surface area contributed by atoms with Crippen LogP contribution in [0.3, 0.4) is 0 Å². The molecule has 0 aliphatic carbocycles. The fraction of sp³-hybridized carbons (Fsp3) is 0.667. The van der Waals surface area contributed by atoms with E-state index < -0.39 is 7.12 Å². The van der Waals surface area contributed by atoms with E-state index in [0.717, 1.165) is 11.9 Å². The normalized spacial score (nSPS) is 22.0. The zero-order valence-corrected chi connectivity index (χ0v) is 13.3. The Morgan fingerprint density at radius 3 is 2.25 bits per heavy atom. The second-order valence-electron chi connectivity index (χ2n) is 6.55. The summed E-state index contributed by atoms with van der Waals surface area (Å²) in [5.41, 5.74) is 0.174. The zero-order chi connectivity index (χ0) is 15.1. The Morgan fingerprint density at radius 1 is 1.20 bits per heavy atom. The molecule has 0 bridgehead atoms. The predicted molar refractivity (Wildman–Crippen MR) is 81.4 cm³/mol. The Labute approximate surface area is 121 Å². The van der Waals surface area contributed by atoms with Gasteiger partial charge in [0.1, 0.15) is 0 Å². The van der Waals surface area contributed by atoms with Crippen molar-refractivity contribution in [3.8, 4) is 0 Å². The highest BCUT2D eigenvalue weighted by Crippen LogP contribution is 2.36. The molecule has 0 spiro atoms. The second kappa shape index (κ2) is 5.04. The number of nitrogens with zero attached hydrogens (tertiary/aromatic N) is 1. The van der Waals surface area contributed by atoms with Crippen LogP contribution in [-0.4, -0.2) is 22.9 Å². The summed E-state index contributed by atoms with van der Waals surface area (Å²) in [7, 11) is -0.420. The van der Waals surface area contributed by atoms with E-state index >= 15 is 0 Å². The van der Waals surface area contributed by atoms with Gasteiger partial charge in [-0.1, -0.05) is 13.0 Å². The smallest absolute Gasteiger partial charge is 0.399 e. The predicted octanol–water partition coefficient (Wildman–Crippen LogP) is 2.12. The lowest BCUT2D eigenvalue weighted by molar-refractivity contribution is 0.00578. The highest BCUT2D eigenvalue weighted by Gasteiger charge is 2.51. The molecule has 110 valence electrons. The molecule has 4 nitrogen and oxygen atoms in total. The molecule has 1 unspecified atom stereocenters. The Kier molecular flexibility index (Phi) is 3.86. The quantitative estimate of drug-likeness (QED) is 0.794. The van der Waals surface area contributed by atoms with Gasteiger partial charge in [-0.05, 0) is 46.5 Å². The Hall–Kier alpha value is -1.07. The van der Waals surface area contributed by atoms with E-state index in [1.165, 1.54) is 0 Å². The van der Waals surface area contributed by atoms with Gasteiger partial charge in [0.05, 0.1) is 11.2 Å². The molecular weight excluding hydrogens is 253 g/mol. The molecule has 1 saturated heterocycles. The minimum atomic E-state index is -0.420. The largest absolute Gasteiger partial charge is 0.496 e. The minimum absolute atomic E-state index is 0.0135. The van der Waals surface area contributed by atoms with Crippen LogP contribution < -0.4 is 11.0 Å². The molecule has 2 rings (SSSR count). The molecule has 5 heteroatoms. The van der Waals surface area contributed by atoms with Gasteiger partial charge in [-0.3, -0.25) is 4.79 Å². The molecule has 0 aromatic carbocycles. The first-order valence-electron chi connectivity index (χ1n) is 7.25. The van der Waals surface area contributed by atoms with E-state index in [4.69, 9.17) is 9.31 Å². The third kappa shape index (κ3) is 2.57. The molecule has 1 fully saturated rings. The van der Waals surface area contributed by atoms with Crippen LogP contribution in [0.4, 0.5) is 0 Å². The average Bonchev–Trinajstić information content (AvgIpc) is 2.58. The van der Waals surface area contributed by atoms with Crippen molar-refractivity contribution in [2.45, 2.75) is 65.2 Å². The molecule has 1 atom stereocenters. The van der Waals surface area contributed by atoms with E-state index in [2.05, 4.69) is 6.92 Å². The monoisotopic (exact) mass is 277 g/mol. The summed E-state index contributed by atoms with van der Waals surface area (Å²) in [6.45, 7) is 12.2. The standard InChI is InChI=1S/C15H24BNO3/c1-7-11(2)17-10-12(8-9-13(17)18)16-19-14(3,4)15(5,6)20-16/h8-11H,7H2,1-6H3. The molecule has 1 aromatic heterocycles. The summed E-state index contributed by atoms with van der Waals surface area (Å²) in [4.78, 5) is 11.9. The van der Waals surface area contributed by atoms with Crippen molar-refractivity contribution in [2.24, 2.45) is 0 Å². The van der Waals surface area contributed by atoms with Crippen LogP contribution in [0.15, 0.2) is 23.1 Å². The third-order valence-electron chi connectivity index (χ3n) is 4.55. The molecule has 0 radical (unpaired) electrons. The Morgan fingerprint density at radius 2 is 1.75 bits per heavy atom. The summed E-state index contributed by atoms with van der Waals surface area (Å²) in [5, 5.41) is 0. The number of hydrogen-bond donors (Lipinski definition) is 0. The molecule has 0 saturated carbocycles. The molecule has 0 amide bonds. The van der Waals surface area contributed by atoms with Gasteiger partial charge in [0.15, 0.2) is 0 Å². The van der Waals surface area contributed by atoms with Crippen LogP contribution in [0.25, 0.3) is 0 Å². The second-order valence-corrected chi connectivity index (χ2v) is 6.55. The molecule has 20 heavy (non-hydrogen) atoms. The third-order valence-corrected chi connectivity index (χ3v) is 4.55. The summed E-state index contributed by atoms with van der Waals surface area (Å²) in [6.07, 6.45) is 2.77. The van der Waals surface area contributed by atoms with E-state index in [9.17, 15) is 4.79 Å². The average molecular weight is 277 g/mol. The van der Waals surface area contributed by atoms with Crippen LogP contribution in [-0.2, 0) is 9.31 Å². The number of aromatic nitrogens is 1. The molecule has 1 aromatic rings. The maximum absolute atomic E-state index is 11.9. The first-order chi connectivity index (χ1) is 9.18. The lowest BCUT2D eigenvalue weighted by Crippen LogP contribution is -2.41. The summed E-state index contributed by atoms with van der Waals surface area (Å²) in [6, 6.07) is 3.56. The summed E-state index contributed by atoms with van der Waals surface area (Å²) < 4.78 is 13.8. The summed E-state index contributed by atoms with van der Waals surface area (Å²) in [5.74, 6) is 0. The van der Waals surface area contributed by atoms with E-state index in [-0.39, 0.29) is 22.8 Å². The van der Waals surface area contributed by atoms with Gasteiger partial charge in [-0.25, -0.2) is 0 Å². The van der Waals surface area contributed by atoms with Crippen LogP contribution in [0.1, 0.15) is 54.0 Å². The van der Waals surface area contributed by atoms with Gasteiger partial charge in [-0.15, -0.1) is 0 Å². The fourth-order valence-electron chi connectivity index (χ4n) is 2.18. The topological polar surface area (TPSA) is 40.5 Å². The van der Waals surface area contributed by atoms with Crippen molar-refractivity contribution in [1.82, 2.24) is 4.57 Å². The van der Waals surface area contributed by atoms with Gasteiger partial charge >= 0.3 is 7.12 Å². The van der Waals surface area contributed by atoms with Crippen molar-refractivity contribution in [2.75, 3.05) is 0 Å². The van der Waals surface area contributed by atoms with Crippen molar-refractivity contribution >= 4 is 12.6 Å². The van der Waals surface area contributed by atoms with Crippen molar-refractivity contribution in [3.05, 3.63) is 28.7 Å². The zero-order valence-electron chi connectivity index (χ0n) is 13.3. The Bertz CT molecular complexity index is 534.